The third kappa shape index (κ3) is 5.42. The molecule has 36 heavy (non-hydrogen) atoms. The number of piperidine rings is 1. The predicted molar refractivity (Wildman–Crippen MR) is 145 cm³/mol. The van der Waals surface area contributed by atoms with E-state index in [0.717, 1.165) is 65.8 Å². The van der Waals surface area contributed by atoms with Crippen LogP contribution in [0.1, 0.15) is 34.6 Å². The van der Waals surface area contributed by atoms with Gasteiger partial charge in [0, 0.05) is 47.1 Å². The van der Waals surface area contributed by atoms with Crippen molar-refractivity contribution in [1.29, 1.82) is 0 Å². The second kappa shape index (κ2) is 10.3. The highest BCUT2D eigenvalue weighted by molar-refractivity contribution is 6.04. The van der Waals surface area contributed by atoms with Crippen molar-refractivity contribution in [3.8, 4) is 5.69 Å². The number of aliphatic hydroxyl groups is 1. The van der Waals surface area contributed by atoms with Crippen LogP contribution < -0.4 is 15.5 Å². The number of anilines is 4. The number of aryl methyl sites for hydroxylation is 2. The van der Waals surface area contributed by atoms with Crippen molar-refractivity contribution in [1.82, 2.24) is 9.78 Å². The Morgan fingerprint density at radius 3 is 1.97 bits per heavy atom. The third-order valence-electron chi connectivity index (χ3n) is 6.51. The Labute approximate surface area is 211 Å². The maximum atomic E-state index is 12.7. The molecule has 1 amide bonds. The van der Waals surface area contributed by atoms with Gasteiger partial charge >= 0.3 is 0 Å². The molecule has 4 aromatic rings. The molecule has 7 nitrogen and oxygen atoms in total. The fraction of sp³-hybridized carbons (Fsp3) is 0.241. The molecule has 0 unspecified atom stereocenters. The van der Waals surface area contributed by atoms with E-state index >= 15 is 0 Å². The second-order valence-electron chi connectivity index (χ2n) is 9.31. The van der Waals surface area contributed by atoms with E-state index in [4.69, 9.17) is 0 Å². The van der Waals surface area contributed by atoms with Crippen molar-refractivity contribution in [2.24, 2.45) is 0 Å². The van der Waals surface area contributed by atoms with E-state index in [-0.39, 0.29) is 12.0 Å². The second-order valence-corrected chi connectivity index (χ2v) is 9.31. The molecule has 0 bridgehead atoms. The monoisotopic (exact) mass is 481 g/mol. The van der Waals surface area contributed by atoms with Gasteiger partial charge < -0.3 is 20.6 Å². The number of amides is 1. The Morgan fingerprint density at radius 1 is 0.833 bits per heavy atom. The Hall–Kier alpha value is -4.10. The number of carbonyl (C=O) groups is 1. The predicted octanol–water partition coefficient (Wildman–Crippen LogP) is 5.45. The minimum Gasteiger partial charge on any atom is -0.393 e. The number of aliphatic hydroxyl groups excluding tert-OH is 1. The Kier molecular flexibility index (Phi) is 6.73. The van der Waals surface area contributed by atoms with Crippen molar-refractivity contribution < 1.29 is 9.90 Å². The van der Waals surface area contributed by atoms with Crippen LogP contribution in [0.2, 0.25) is 0 Å². The molecular formula is C29H31N5O2. The van der Waals surface area contributed by atoms with Crippen molar-refractivity contribution in [3.05, 3.63) is 95.8 Å². The van der Waals surface area contributed by atoms with Gasteiger partial charge in [-0.1, -0.05) is 0 Å². The zero-order valence-corrected chi connectivity index (χ0v) is 20.6. The minimum atomic E-state index is -0.199. The first kappa shape index (κ1) is 23.6. The van der Waals surface area contributed by atoms with Gasteiger partial charge in [0.25, 0.3) is 5.91 Å². The van der Waals surface area contributed by atoms with Gasteiger partial charge in [-0.2, -0.15) is 5.10 Å². The number of hydrogen-bond acceptors (Lipinski definition) is 5. The number of carbonyl (C=O) groups excluding carboxylic acids is 1. The van der Waals surface area contributed by atoms with Gasteiger partial charge in [-0.15, -0.1) is 0 Å². The molecule has 1 aromatic heterocycles. The molecule has 0 aliphatic carbocycles. The third-order valence-corrected chi connectivity index (χ3v) is 6.51. The van der Waals surface area contributed by atoms with Gasteiger partial charge in [0.1, 0.15) is 0 Å². The van der Waals surface area contributed by atoms with Crippen LogP contribution in [0, 0.1) is 13.8 Å². The average molecular weight is 482 g/mol. The van der Waals surface area contributed by atoms with Crippen LogP contribution in [0.25, 0.3) is 5.69 Å². The molecule has 1 aliphatic rings. The summed E-state index contributed by atoms with van der Waals surface area (Å²) in [6.07, 6.45) is 1.36. The van der Waals surface area contributed by atoms with Crippen LogP contribution in [0.15, 0.2) is 78.9 Å². The van der Waals surface area contributed by atoms with E-state index in [0.29, 0.717) is 5.56 Å². The maximum Gasteiger partial charge on any atom is 0.255 e. The highest BCUT2D eigenvalue weighted by atomic mass is 16.3. The zero-order valence-electron chi connectivity index (χ0n) is 20.6. The van der Waals surface area contributed by atoms with Crippen molar-refractivity contribution >= 4 is 28.7 Å². The van der Waals surface area contributed by atoms with Crippen LogP contribution in [-0.4, -0.2) is 40.0 Å². The average Bonchev–Trinajstić information content (AvgIpc) is 3.24. The lowest BCUT2D eigenvalue weighted by Crippen LogP contribution is -2.35. The summed E-state index contributed by atoms with van der Waals surface area (Å²) in [6, 6.07) is 25.5. The van der Waals surface area contributed by atoms with Gasteiger partial charge in [0.05, 0.1) is 17.5 Å². The van der Waals surface area contributed by atoms with Crippen LogP contribution in [-0.2, 0) is 0 Å². The molecular weight excluding hydrogens is 450 g/mol. The molecule has 3 aromatic carbocycles. The van der Waals surface area contributed by atoms with E-state index in [9.17, 15) is 9.90 Å². The first-order valence-electron chi connectivity index (χ1n) is 12.3. The Morgan fingerprint density at radius 2 is 1.39 bits per heavy atom. The molecule has 0 spiro atoms. The number of nitrogens with one attached hydrogen (secondary N) is 2. The van der Waals surface area contributed by atoms with E-state index < -0.39 is 0 Å². The first-order valence-corrected chi connectivity index (χ1v) is 12.3. The molecule has 7 heteroatoms. The van der Waals surface area contributed by atoms with Gasteiger partial charge in [-0.25, -0.2) is 4.68 Å². The van der Waals surface area contributed by atoms with Gasteiger partial charge in [-0.05, 0) is 106 Å². The van der Waals surface area contributed by atoms with Crippen molar-refractivity contribution in [2.45, 2.75) is 32.8 Å². The molecule has 184 valence electrons. The summed E-state index contributed by atoms with van der Waals surface area (Å²) < 4.78 is 1.93. The highest BCUT2D eigenvalue weighted by Crippen LogP contribution is 2.23. The zero-order chi connectivity index (χ0) is 25.1. The Balaban J connectivity index is 1.17. The molecule has 1 fully saturated rings. The molecule has 3 N–H and O–H groups in total. The molecule has 5 rings (SSSR count). The van der Waals surface area contributed by atoms with Gasteiger partial charge in [0.15, 0.2) is 0 Å². The SMILES string of the molecule is Cc1cc(C)n(-c2ccc(Nc3ccc(NC(=O)c4ccc(N5CCC(O)CC5)cc4)cc3)cc2)n1. The van der Waals surface area contributed by atoms with Gasteiger partial charge in [-0.3, -0.25) is 4.79 Å². The highest BCUT2D eigenvalue weighted by Gasteiger charge is 2.17. The van der Waals surface area contributed by atoms with Crippen LogP contribution in [0.5, 0.6) is 0 Å². The lowest BCUT2D eigenvalue weighted by molar-refractivity contribution is 0.102. The molecule has 0 atom stereocenters. The number of hydrogen-bond donors (Lipinski definition) is 3. The summed E-state index contributed by atoms with van der Waals surface area (Å²) >= 11 is 0. The van der Waals surface area contributed by atoms with E-state index in [1.807, 2.05) is 91.3 Å². The van der Waals surface area contributed by atoms with Crippen molar-refractivity contribution in [3.63, 3.8) is 0 Å². The lowest BCUT2D eigenvalue weighted by atomic mass is 10.1. The summed E-state index contributed by atoms with van der Waals surface area (Å²) in [6.45, 7) is 5.71. The number of benzene rings is 3. The molecule has 1 saturated heterocycles. The first-order chi connectivity index (χ1) is 17.4. The van der Waals surface area contributed by atoms with Crippen LogP contribution >= 0.6 is 0 Å². The smallest absolute Gasteiger partial charge is 0.255 e. The molecule has 1 aliphatic heterocycles. The largest absolute Gasteiger partial charge is 0.393 e. The fourth-order valence-electron chi connectivity index (χ4n) is 4.53. The molecule has 0 radical (unpaired) electrons. The summed E-state index contributed by atoms with van der Waals surface area (Å²) in [5, 5.41) is 20.6. The van der Waals surface area contributed by atoms with E-state index in [2.05, 4.69) is 26.7 Å². The Bertz CT molecular complexity index is 1320. The number of aromatic nitrogens is 2. The van der Waals surface area contributed by atoms with E-state index in [1.165, 1.54) is 0 Å². The number of nitrogens with zero attached hydrogens (tertiary/aromatic N) is 3. The summed E-state index contributed by atoms with van der Waals surface area (Å²) in [7, 11) is 0. The summed E-state index contributed by atoms with van der Waals surface area (Å²) in [4.78, 5) is 15.0. The normalized spacial score (nSPS) is 14.0. The quantitative estimate of drug-likeness (QED) is 0.341. The van der Waals surface area contributed by atoms with Crippen LogP contribution in [0.4, 0.5) is 22.7 Å². The lowest BCUT2D eigenvalue weighted by Gasteiger charge is -2.31. The van der Waals surface area contributed by atoms with Crippen LogP contribution in [0.3, 0.4) is 0 Å². The summed E-state index contributed by atoms with van der Waals surface area (Å²) in [5.41, 5.74) is 7.45. The van der Waals surface area contributed by atoms with Gasteiger partial charge in [0.2, 0.25) is 0 Å². The fourth-order valence-corrected chi connectivity index (χ4v) is 4.53. The molecule has 0 saturated carbocycles. The standard InChI is InChI=1S/C29H31N5O2/c1-20-19-21(2)34(32-20)27-13-9-24(10-14-27)30-23-5-7-25(8-6-23)31-29(36)22-3-11-26(12-4-22)33-17-15-28(35)16-18-33/h3-14,19,28,30,35H,15-18H2,1-2H3,(H,31,36). The maximum absolute atomic E-state index is 12.7. The topological polar surface area (TPSA) is 82.4 Å². The van der Waals surface area contributed by atoms with Crippen molar-refractivity contribution in [2.75, 3.05) is 28.6 Å². The molecule has 2 heterocycles. The van der Waals surface area contributed by atoms with E-state index in [1.54, 1.807) is 0 Å². The summed E-state index contributed by atoms with van der Waals surface area (Å²) in [5.74, 6) is -0.143. The minimum absolute atomic E-state index is 0.143. The number of rotatable bonds is 6.